The number of nitrogens with zero attached hydrogens (tertiary/aromatic N) is 1. The number of rotatable bonds is 8. The summed E-state index contributed by atoms with van der Waals surface area (Å²) < 4.78 is 10.5. The van der Waals surface area contributed by atoms with Crippen molar-refractivity contribution in [1.29, 1.82) is 0 Å². The van der Waals surface area contributed by atoms with Crippen LogP contribution in [0.3, 0.4) is 0 Å². The van der Waals surface area contributed by atoms with Crippen LogP contribution in [-0.4, -0.2) is 55.5 Å². The summed E-state index contributed by atoms with van der Waals surface area (Å²) in [7, 11) is 1.52. The highest BCUT2D eigenvalue weighted by Gasteiger charge is 2.32. The second kappa shape index (κ2) is 8.91. The van der Waals surface area contributed by atoms with Crippen molar-refractivity contribution in [2.24, 2.45) is 5.73 Å². The van der Waals surface area contributed by atoms with Gasteiger partial charge < -0.3 is 25.4 Å². The standard InChI is InChI=1S/C17H23N3O5/c1-24-13-6-2-3-7-14(13)25-11-15(21)19-9-8-16(22)20-10-4-5-12(20)17(18)23/h2-3,6-7,12H,4-5,8-11H2,1H3,(H2,18,23)(H,19,21). The van der Waals surface area contributed by atoms with Crippen LogP contribution in [0, 0.1) is 0 Å². The van der Waals surface area contributed by atoms with E-state index in [-0.39, 0.29) is 31.4 Å². The highest BCUT2D eigenvalue weighted by atomic mass is 16.5. The summed E-state index contributed by atoms with van der Waals surface area (Å²) in [6, 6.07) is 6.48. The normalized spacial score (nSPS) is 16.4. The Kier molecular flexibility index (Phi) is 6.62. The largest absolute Gasteiger partial charge is 0.493 e. The van der Waals surface area contributed by atoms with Gasteiger partial charge in [-0.05, 0) is 25.0 Å². The number of methoxy groups -OCH3 is 1. The average molecular weight is 349 g/mol. The van der Waals surface area contributed by atoms with E-state index in [1.807, 2.05) is 0 Å². The zero-order valence-electron chi connectivity index (χ0n) is 14.2. The molecule has 2 rings (SSSR count). The molecule has 1 aromatic rings. The van der Waals surface area contributed by atoms with Crippen molar-refractivity contribution in [2.75, 3.05) is 26.8 Å². The summed E-state index contributed by atoms with van der Waals surface area (Å²) in [6.45, 7) is 0.522. The van der Waals surface area contributed by atoms with Crippen LogP contribution in [-0.2, 0) is 14.4 Å². The highest BCUT2D eigenvalue weighted by molar-refractivity contribution is 5.87. The molecule has 25 heavy (non-hydrogen) atoms. The Morgan fingerprint density at radius 1 is 1.28 bits per heavy atom. The molecule has 1 aromatic carbocycles. The van der Waals surface area contributed by atoms with Gasteiger partial charge in [0.05, 0.1) is 7.11 Å². The molecule has 1 fully saturated rings. The Balaban J connectivity index is 1.71. The van der Waals surface area contributed by atoms with Gasteiger partial charge in [-0.2, -0.15) is 0 Å². The van der Waals surface area contributed by atoms with Crippen LogP contribution in [0.4, 0.5) is 0 Å². The van der Waals surface area contributed by atoms with E-state index in [1.165, 1.54) is 12.0 Å². The Labute approximate surface area is 146 Å². The predicted octanol–water partition coefficient (Wildman–Crippen LogP) is 0.0566. The number of amides is 3. The minimum Gasteiger partial charge on any atom is -0.493 e. The molecule has 0 radical (unpaired) electrons. The zero-order chi connectivity index (χ0) is 18.2. The van der Waals surface area contributed by atoms with E-state index in [9.17, 15) is 14.4 Å². The second-order valence-corrected chi connectivity index (χ2v) is 5.69. The number of benzene rings is 1. The lowest BCUT2D eigenvalue weighted by atomic mass is 10.2. The molecular weight excluding hydrogens is 326 g/mol. The van der Waals surface area contributed by atoms with Gasteiger partial charge in [0.15, 0.2) is 18.1 Å². The maximum absolute atomic E-state index is 12.1. The molecule has 3 amide bonds. The van der Waals surface area contributed by atoms with Crippen LogP contribution in [0.25, 0.3) is 0 Å². The molecule has 0 bridgehead atoms. The minimum atomic E-state index is -0.530. The molecule has 1 unspecified atom stereocenters. The van der Waals surface area contributed by atoms with E-state index in [0.717, 1.165) is 6.42 Å². The lowest BCUT2D eigenvalue weighted by Gasteiger charge is -2.22. The molecule has 1 aliphatic rings. The zero-order valence-corrected chi connectivity index (χ0v) is 14.2. The Morgan fingerprint density at radius 3 is 2.68 bits per heavy atom. The van der Waals surface area contributed by atoms with E-state index < -0.39 is 11.9 Å². The monoisotopic (exact) mass is 349 g/mol. The lowest BCUT2D eigenvalue weighted by Crippen LogP contribution is -2.44. The van der Waals surface area contributed by atoms with Crippen LogP contribution < -0.4 is 20.5 Å². The number of nitrogens with two attached hydrogens (primary N) is 1. The molecular formula is C17H23N3O5. The molecule has 1 heterocycles. The fourth-order valence-corrected chi connectivity index (χ4v) is 2.75. The van der Waals surface area contributed by atoms with Gasteiger partial charge >= 0.3 is 0 Å². The first-order valence-electron chi connectivity index (χ1n) is 8.14. The van der Waals surface area contributed by atoms with E-state index in [0.29, 0.717) is 24.5 Å². The van der Waals surface area contributed by atoms with Gasteiger partial charge in [0.1, 0.15) is 6.04 Å². The van der Waals surface area contributed by atoms with Crippen molar-refractivity contribution in [1.82, 2.24) is 10.2 Å². The number of ether oxygens (including phenoxy) is 2. The molecule has 0 aliphatic carbocycles. The summed E-state index contributed by atoms with van der Waals surface area (Å²) >= 11 is 0. The smallest absolute Gasteiger partial charge is 0.257 e. The summed E-state index contributed by atoms with van der Waals surface area (Å²) in [5.74, 6) is -0.00600. The van der Waals surface area contributed by atoms with Crippen LogP contribution in [0.15, 0.2) is 24.3 Å². The summed E-state index contributed by atoms with van der Waals surface area (Å²) in [5.41, 5.74) is 5.29. The number of hydrogen-bond acceptors (Lipinski definition) is 5. The fourth-order valence-electron chi connectivity index (χ4n) is 2.75. The van der Waals surface area contributed by atoms with Crippen molar-refractivity contribution >= 4 is 17.7 Å². The maximum Gasteiger partial charge on any atom is 0.257 e. The minimum absolute atomic E-state index is 0.115. The Bertz CT molecular complexity index is 634. The van der Waals surface area contributed by atoms with E-state index in [4.69, 9.17) is 15.2 Å². The summed E-state index contributed by atoms with van der Waals surface area (Å²) in [6.07, 6.45) is 1.48. The molecule has 3 N–H and O–H groups in total. The first-order valence-corrected chi connectivity index (χ1v) is 8.14. The van der Waals surface area contributed by atoms with E-state index >= 15 is 0 Å². The van der Waals surface area contributed by atoms with Crippen molar-refractivity contribution < 1.29 is 23.9 Å². The quantitative estimate of drug-likeness (QED) is 0.689. The SMILES string of the molecule is COc1ccccc1OCC(=O)NCCC(=O)N1CCCC1C(N)=O. The van der Waals surface area contributed by atoms with Gasteiger partial charge in [-0.25, -0.2) is 0 Å². The highest BCUT2D eigenvalue weighted by Crippen LogP contribution is 2.25. The van der Waals surface area contributed by atoms with Crippen molar-refractivity contribution in [3.05, 3.63) is 24.3 Å². The number of hydrogen-bond donors (Lipinski definition) is 2. The number of para-hydroxylation sites is 2. The van der Waals surface area contributed by atoms with Crippen LogP contribution in [0.2, 0.25) is 0 Å². The van der Waals surface area contributed by atoms with Crippen LogP contribution in [0.1, 0.15) is 19.3 Å². The molecule has 8 nitrogen and oxygen atoms in total. The average Bonchev–Trinajstić information content (AvgIpc) is 3.10. The van der Waals surface area contributed by atoms with Crippen molar-refractivity contribution in [3.8, 4) is 11.5 Å². The predicted molar refractivity (Wildman–Crippen MR) is 90.0 cm³/mol. The van der Waals surface area contributed by atoms with Gasteiger partial charge in [-0.15, -0.1) is 0 Å². The second-order valence-electron chi connectivity index (χ2n) is 5.69. The topological polar surface area (TPSA) is 111 Å². The van der Waals surface area contributed by atoms with Gasteiger partial charge in [-0.1, -0.05) is 12.1 Å². The van der Waals surface area contributed by atoms with Gasteiger partial charge in [-0.3, -0.25) is 14.4 Å². The lowest BCUT2D eigenvalue weighted by molar-refractivity contribution is -0.137. The number of primary amides is 1. The van der Waals surface area contributed by atoms with Crippen molar-refractivity contribution in [2.45, 2.75) is 25.3 Å². The first kappa shape index (κ1) is 18.6. The fraction of sp³-hybridized carbons (Fsp3) is 0.471. The molecule has 1 saturated heterocycles. The van der Waals surface area contributed by atoms with E-state index in [1.54, 1.807) is 24.3 Å². The van der Waals surface area contributed by atoms with E-state index in [2.05, 4.69) is 5.32 Å². The third-order valence-electron chi connectivity index (χ3n) is 3.99. The Hall–Kier alpha value is -2.77. The first-order chi connectivity index (χ1) is 12.0. The third kappa shape index (κ3) is 5.10. The number of likely N-dealkylation sites (tertiary alicyclic amines) is 1. The number of carbonyl (C=O) groups excluding carboxylic acids is 3. The van der Waals surface area contributed by atoms with Crippen molar-refractivity contribution in [3.63, 3.8) is 0 Å². The molecule has 1 aliphatic heterocycles. The Morgan fingerprint density at radius 2 is 2.00 bits per heavy atom. The summed E-state index contributed by atoms with van der Waals surface area (Å²) in [5, 5.41) is 2.62. The number of nitrogens with one attached hydrogen (secondary N) is 1. The maximum atomic E-state index is 12.1. The van der Waals surface area contributed by atoms with Gasteiger partial charge in [0, 0.05) is 19.5 Å². The molecule has 0 saturated carbocycles. The third-order valence-corrected chi connectivity index (χ3v) is 3.99. The molecule has 0 spiro atoms. The molecule has 8 heteroatoms. The van der Waals surface area contributed by atoms with Gasteiger partial charge in [0.25, 0.3) is 5.91 Å². The van der Waals surface area contributed by atoms with Gasteiger partial charge in [0.2, 0.25) is 11.8 Å². The molecule has 136 valence electrons. The summed E-state index contributed by atoms with van der Waals surface area (Å²) in [4.78, 5) is 36.7. The molecule has 1 atom stereocenters. The van der Waals surface area contributed by atoms with Crippen LogP contribution in [0.5, 0.6) is 11.5 Å². The van der Waals surface area contributed by atoms with Crippen LogP contribution >= 0.6 is 0 Å². The number of carbonyl (C=O) groups is 3. The molecule has 0 aromatic heterocycles.